The Balaban J connectivity index is 1.41. The molecular weight excluding hydrogens is 364 g/mol. The zero-order valence-corrected chi connectivity index (χ0v) is 16.7. The number of para-hydroxylation sites is 1. The lowest BCUT2D eigenvalue weighted by Gasteiger charge is -2.25. The molecule has 3 unspecified atom stereocenters. The maximum atomic E-state index is 13.6. The lowest BCUT2D eigenvalue weighted by molar-refractivity contribution is 0.0718. The van der Waals surface area contributed by atoms with Gasteiger partial charge < -0.3 is 4.90 Å². The van der Waals surface area contributed by atoms with Crippen LogP contribution in [0.15, 0.2) is 42.7 Å². The molecule has 2 aromatic heterocycles. The number of rotatable bonds is 4. The molecule has 0 radical (unpaired) electrons. The normalized spacial score (nSPS) is 23.0. The van der Waals surface area contributed by atoms with Crippen LogP contribution in [0, 0.1) is 19.8 Å². The highest BCUT2D eigenvalue weighted by Gasteiger charge is 2.49. The van der Waals surface area contributed by atoms with Crippen LogP contribution < -0.4 is 0 Å². The highest BCUT2D eigenvalue weighted by atomic mass is 16.2. The molecule has 2 saturated heterocycles. The smallest absolute Gasteiger partial charge is 0.256 e. The van der Waals surface area contributed by atoms with Crippen molar-refractivity contribution in [3.63, 3.8) is 0 Å². The number of hydrogen-bond acceptors (Lipinski definition) is 5. The van der Waals surface area contributed by atoms with E-state index < -0.39 is 0 Å². The van der Waals surface area contributed by atoms with Gasteiger partial charge in [-0.15, -0.1) is 0 Å². The number of nitrogens with zero attached hydrogens (tertiary/aromatic N) is 6. The number of hydrogen-bond donors (Lipinski definition) is 0. The van der Waals surface area contributed by atoms with Gasteiger partial charge in [-0.1, -0.05) is 12.1 Å². The first-order valence-corrected chi connectivity index (χ1v) is 10.2. The van der Waals surface area contributed by atoms with Gasteiger partial charge in [0.15, 0.2) is 0 Å². The first-order chi connectivity index (χ1) is 14.1. The van der Waals surface area contributed by atoms with Crippen LogP contribution in [-0.2, 0) is 6.42 Å². The SMILES string of the molecule is Cc1cc(C)nc(CC2CC3CCC2N3C(=O)c2ccccc2-n2nccn2)n1. The van der Waals surface area contributed by atoms with Gasteiger partial charge in [0.2, 0.25) is 0 Å². The van der Waals surface area contributed by atoms with Gasteiger partial charge in [-0.05, 0) is 57.2 Å². The summed E-state index contributed by atoms with van der Waals surface area (Å²) in [6.07, 6.45) is 7.23. The van der Waals surface area contributed by atoms with E-state index >= 15 is 0 Å². The zero-order chi connectivity index (χ0) is 20.0. The standard InChI is InChI=1S/C22H24N6O/c1-14-11-15(2)26-21(25-14)13-16-12-17-7-8-19(16)27(17)22(29)18-5-3-4-6-20(18)28-23-9-10-24-28/h3-6,9-11,16-17,19H,7-8,12-13H2,1-2H3. The molecule has 2 bridgehead atoms. The summed E-state index contributed by atoms with van der Waals surface area (Å²) in [6, 6.07) is 10.1. The third-order valence-corrected chi connectivity index (χ3v) is 6.14. The van der Waals surface area contributed by atoms with Gasteiger partial charge in [0.25, 0.3) is 5.91 Å². The van der Waals surface area contributed by atoms with Gasteiger partial charge in [-0.25, -0.2) is 9.97 Å². The molecule has 3 aromatic rings. The van der Waals surface area contributed by atoms with E-state index in [-0.39, 0.29) is 11.9 Å². The van der Waals surface area contributed by atoms with E-state index in [1.807, 2.05) is 44.2 Å². The summed E-state index contributed by atoms with van der Waals surface area (Å²) < 4.78 is 0. The molecule has 4 heterocycles. The second kappa shape index (κ2) is 7.06. The Morgan fingerprint density at radius 1 is 1.07 bits per heavy atom. The third-order valence-electron chi connectivity index (χ3n) is 6.14. The van der Waals surface area contributed by atoms with Crippen LogP contribution >= 0.6 is 0 Å². The van der Waals surface area contributed by atoms with Gasteiger partial charge in [-0.2, -0.15) is 15.0 Å². The molecule has 2 aliphatic rings. The number of amides is 1. The van der Waals surface area contributed by atoms with Crippen LogP contribution in [0.25, 0.3) is 5.69 Å². The third kappa shape index (κ3) is 3.20. The number of benzene rings is 1. The summed E-state index contributed by atoms with van der Waals surface area (Å²) in [7, 11) is 0. The second-order valence-electron chi connectivity index (χ2n) is 8.11. The average Bonchev–Trinajstić information content (AvgIpc) is 3.43. The fourth-order valence-electron chi connectivity index (χ4n) is 5.08. The van der Waals surface area contributed by atoms with E-state index in [9.17, 15) is 4.79 Å². The Hall–Kier alpha value is -3.09. The number of aromatic nitrogens is 5. The van der Waals surface area contributed by atoms with Crippen molar-refractivity contribution in [2.24, 2.45) is 5.92 Å². The number of carbonyl (C=O) groups excluding carboxylic acids is 1. The Labute approximate surface area is 169 Å². The lowest BCUT2D eigenvalue weighted by atomic mass is 9.86. The predicted octanol–water partition coefficient (Wildman–Crippen LogP) is 2.91. The minimum Gasteiger partial charge on any atom is -0.332 e. The fourth-order valence-corrected chi connectivity index (χ4v) is 5.08. The largest absolute Gasteiger partial charge is 0.332 e. The van der Waals surface area contributed by atoms with Gasteiger partial charge in [0.1, 0.15) is 5.82 Å². The van der Waals surface area contributed by atoms with E-state index in [0.29, 0.717) is 17.5 Å². The fraction of sp³-hybridized carbons (Fsp3) is 0.409. The van der Waals surface area contributed by atoms with Crippen molar-refractivity contribution in [3.8, 4) is 5.69 Å². The van der Waals surface area contributed by atoms with Crippen LogP contribution in [0.3, 0.4) is 0 Å². The summed E-state index contributed by atoms with van der Waals surface area (Å²) in [5, 5.41) is 8.43. The molecule has 0 aliphatic carbocycles. The molecule has 0 N–H and O–H groups in total. The van der Waals surface area contributed by atoms with E-state index in [1.54, 1.807) is 12.4 Å². The van der Waals surface area contributed by atoms with Crippen LogP contribution in [-0.4, -0.2) is 47.9 Å². The predicted molar refractivity (Wildman–Crippen MR) is 108 cm³/mol. The quantitative estimate of drug-likeness (QED) is 0.687. The zero-order valence-electron chi connectivity index (χ0n) is 16.7. The summed E-state index contributed by atoms with van der Waals surface area (Å²) in [5.41, 5.74) is 3.39. The van der Waals surface area contributed by atoms with Crippen molar-refractivity contribution in [2.45, 2.75) is 51.6 Å². The average molecular weight is 388 g/mol. The van der Waals surface area contributed by atoms with E-state index in [1.165, 1.54) is 4.80 Å². The Bertz CT molecular complexity index is 1030. The van der Waals surface area contributed by atoms with Crippen LogP contribution in [0.5, 0.6) is 0 Å². The van der Waals surface area contributed by atoms with Gasteiger partial charge >= 0.3 is 0 Å². The molecule has 0 saturated carbocycles. The molecule has 7 heteroatoms. The van der Waals surface area contributed by atoms with Crippen LogP contribution in [0.4, 0.5) is 0 Å². The molecule has 148 valence electrons. The number of aryl methyl sites for hydroxylation is 2. The molecule has 1 amide bonds. The van der Waals surface area contributed by atoms with Gasteiger partial charge in [0, 0.05) is 29.9 Å². The summed E-state index contributed by atoms with van der Waals surface area (Å²) >= 11 is 0. The van der Waals surface area contributed by atoms with Gasteiger partial charge in [0.05, 0.1) is 23.6 Å². The topological polar surface area (TPSA) is 76.8 Å². The minimum absolute atomic E-state index is 0.0780. The lowest BCUT2D eigenvalue weighted by Crippen LogP contribution is -2.37. The van der Waals surface area contributed by atoms with Crippen molar-refractivity contribution >= 4 is 5.91 Å². The van der Waals surface area contributed by atoms with Crippen LogP contribution in [0.2, 0.25) is 0 Å². The maximum Gasteiger partial charge on any atom is 0.256 e. The molecule has 29 heavy (non-hydrogen) atoms. The van der Waals surface area contributed by atoms with Crippen molar-refractivity contribution < 1.29 is 4.79 Å². The minimum atomic E-state index is 0.0780. The Morgan fingerprint density at radius 3 is 2.55 bits per heavy atom. The van der Waals surface area contributed by atoms with E-state index in [2.05, 4.69) is 25.1 Å². The highest BCUT2D eigenvalue weighted by molar-refractivity contribution is 5.98. The van der Waals surface area contributed by atoms with E-state index in [4.69, 9.17) is 0 Å². The molecular formula is C22H24N6O. The number of carbonyl (C=O) groups is 1. The van der Waals surface area contributed by atoms with Crippen molar-refractivity contribution in [1.82, 2.24) is 29.9 Å². The van der Waals surface area contributed by atoms with Crippen LogP contribution in [0.1, 0.15) is 46.8 Å². The Kier molecular flexibility index (Phi) is 4.38. The van der Waals surface area contributed by atoms with Crippen molar-refractivity contribution in [1.29, 1.82) is 0 Å². The highest BCUT2D eigenvalue weighted by Crippen LogP contribution is 2.43. The molecule has 2 aliphatic heterocycles. The molecule has 0 spiro atoms. The molecule has 7 nitrogen and oxygen atoms in total. The Morgan fingerprint density at radius 2 is 1.79 bits per heavy atom. The van der Waals surface area contributed by atoms with E-state index in [0.717, 1.165) is 48.6 Å². The number of fused-ring (bicyclic) bond motifs is 2. The first-order valence-electron chi connectivity index (χ1n) is 10.2. The monoisotopic (exact) mass is 388 g/mol. The second-order valence-corrected chi connectivity index (χ2v) is 8.11. The summed E-state index contributed by atoms with van der Waals surface area (Å²) in [5.74, 6) is 1.39. The molecule has 1 aromatic carbocycles. The first kappa shape index (κ1) is 18.0. The molecule has 3 atom stereocenters. The summed E-state index contributed by atoms with van der Waals surface area (Å²) in [4.78, 5) is 26.4. The molecule has 5 rings (SSSR count). The summed E-state index contributed by atoms with van der Waals surface area (Å²) in [6.45, 7) is 4.02. The van der Waals surface area contributed by atoms with Gasteiger partial charge in [-0.3, -0.25) is 4.79 Å². The molecule has 2 fully saturated rings. The van der Waals surface area contributed by atoms with Crippen molar-refractivity contribution in [3.05, 3.63) is 65.5 Å². The maximum absolute atomic E-state index is 13.6. The van der Waals surface area contributed by atoms with Crippen molar-refractivity contribution in [2.75, 3.05) is 0 Å².